The summed E-state index contributed by atoms with van der Waals surface area (Å²) in [7, 11) is 1.36. The molecule has 3 nitrogen and oxygen atoms in total. The van der Waals surface area contributed by atoms with Gasteiger partial charge in [0.05, 0.1) is 13.2 Å². The summed E-state index contributed by atoms with van der Waals surface area (Å²) >= 11 is 0. The van der Waals surface area contributed by atoms with Crippen molar-refractivity contribution in [3.8, 4) is 11.8 Å². The number of carbonyl (C=O) groups excluding carboxylic acids is 1. The van der Waals surface area contributed by atoms with E-state index in [9.17, 15) is 9.18 Å². The van der Waals surface area contributed by atoms with Gasteiger partial charge in [0.1, 0.15) is 5.92 Å². The maximum atomic E-state index is 13.5. The molecule has 18 heavy (non-hydrogen) atoms. The molecule has 0 amide bonds. The van der Waals surface area contributed by atoms with Gasteiger partial charge in [-0.15, -0.1) is 0 Å². The zero-order valence-corrected chi connectivity index (χ0v) is 10.7. The van der Waals surface area contributed by atoms with Crippen LogP contribution in [0.2, 0.25) is 0 Å². The van der Waals surface area contributed by atoms with Gasteiger partial charge in [0.25, 0.3) is 0 Å². The number of methoxy groups -OCH3 is 1. The average molecular weight is 249 g/mol. The van der Waals surface area contributed by atoms with Gasteiger partial charge in [-0.1, -0.05) is 19.9 Å². The third-order valence-electron chi connectivity index (χ3n) is 2.57. The van der Waals surface area contributed by atoms with Crippen molar-refractivity contribution >= 4 is 5.78 Å². The minimum Gasteiger partial charge on any atom is -0.494 e. The van der Waals surface area contributed by atoms with Crippen LogP contribution in [0.5, 0.6) is 5.75 Å². The van der Waals surface area contributed by atoms with Crippen LogP contribution in [-0.2, 0) is 4.79 Å². The number of ketones is 1. The van der Waals surface area contributed by atoms with Crippen LogP contribution in [0.25, 0.3) is 0 Å². The van der Waals surface area contributed by atoms with Crippen molar-refractivity contribution < 1.29 is 13.9 Å². The number of ether oxygens (including phenoxy) is 1. The van der Waals surface area contributed by atoms with E-state index < -0.39 is 11.7 Å². The van der Waals surface area contributed by atoms with E-state index in [2.05, 4.69) is 0 Å². The summed E-state index contributed by atoms with van der Waals surface area (Å²) in [6.07, 6.45) is 0.311. The number of nitrogens with zero attached hydrogens (tertiary/aromatic N) is 1. The molecule has 0 saturated heterocycles. The number of Topliss-reactive ketones (excluding diaryl/α,β-unsaturated/α-hetero) is 1. The Morgan fingerprint density at radius 1 is 1.50 bits per heavy atom. The average Bonchev–Trinajstić information content (AvgIpc) is 2.29. The van der Waals surface area contributed by atoms with Crippen molar-refractivity contribution in [3.63, 3.8) is 0 Å². The fraction of sp³-hybridized carbons (Fsp3) is 0.429. The normalized spacial score (nSPS) is 12.0. The van der Waals surface area contributed by atoms with Gasteiger partial charge in [-0.25, -0.2) is 4.39 Å². The van der Waals surface area contributed by atoms with Crippen LogP contribution < -0.4 is 4.74 Å². The Morgan fingerprint density at radius 2 is 2.17 bits per heavy atom. The van der Waals surface area contributed by atoms with Crippen molar-refractivity contribution in [2.75, 3.05) is 7.11 Å². The van der Waals surface area contributed by atoms with E-state index in [4.69, 9.17) is 10.00 Å². The van der Waals surface area contributed by atoms with Crippen LogP contribution in [0.3, 0.4) is 0 Å². The molecule has 0 heterocycles. The summed E-state index contributed by atoms with van der Waals surface area (Å²) in [5.41, 5.74) is 0.376. The molecular weight excluding hydrogens is 233 g/mol. The number of hydrogen-bond acceptors (Lipinski definition) is 3. The Hall–Kier alpha value is -1.89. The van der Waals surface area contributed by atoms with Gasteiger partial charge in [0.15, 0.2) is 17.3 Å². The van der Waals surface area contributed by atoms with Gasteiger partial charge in [-0.2, -0.15) is 5.26 Å². The molecule has 0 aromatic heterocycles. The lowest BCUT2D eigenvalue weighted by atomic mass is 9.91. The zero-order chi connectivity index (χ0) is 13.7. The molecule has 0 radical (unpaired) electrons. The third kappa shape index (κ3) is 3.30. The Morgan fingerprint density at radius 3 is 2.61 bits per heavy atom. The second-order valence-corrected chi connectivity index (χ2v) is 4.52. The van der Waals surface area contributed by atoms with Crippen molar-refractivity contribution in [1.29, 1.82) is 5.26 Å². The molecule has 1 aromatic carbocycles. The number of rotatable bonds is 5. The van der Waals surface area contributed by atoms with E-state index in [-0.39, 0.29) is 17.5 Å². The lowest BCUT2D eigenvalue weighted by Gasteiger charge is -2.11. The zero-order valence-electron chi connectivity index (χ0n) is 10.7. The minimum atomic E-state index is -0.909. The van der Waals surface area contributed by atoms with Gasteiger partial charge in [0, 0.05) is 6.42 Å². The van der Waals surface area contributed by atoms with E-state index >= 15 is 0 Å². The van der Waals surface area contributed by atoms with Gasteiger partial charge < -0.3 is 4.74 Å². The Kier molecular flexibility index (Phi) is 4.85. The molecule has 1 atom stereocenters. The number of halogens is 1. The molecule has 4 heteroatoms. The highest BCUT2D eigenvalue weighted by molar-refractivity contribution is 5.88. The third-order valence-corrected chi connectivity index (χ3v) is 2.57. The van der Waals surface area contributed by atoms with E-state index in [0.29, 0.717) is 12.0 Å². The molecule has 96 valence electrons. The van der Waals surface area contributed by atoms with E-state index in [1.54, 1.807) is 6.07 Å². The first kappa shape index (κ1) is 14.2. The molecule has 1 unspecified atom stereocenters. The number of nitriles is 1. The van der Waals surface area contributed by atoms with Crippen LogP contribution in [0.1, 0.15) is 31.7 Å². The Labute approximate surface area is 106 Å². The lowest BCUT2D eigenvalue weighted by molar-refractivity contribution is -0.120. The fourth-order valence-electron chi connectivity index (χ4n) is 1.71. The van der Waals surface area contributed by atoms with Crippen molar-refractivity contribution in [3.05, 3.63) is 29.6 Å². The molecule has 0 aliphatic heterocycles. The first-order valence-electron chi connectivity index (χ1n) is 5.75. The topological polar surface area (TPSA) is 50.1 Å². The predicted octanol–water partition coefficient (Wildman–Crippen LogP) is 3.06. The molecule has 0 spiro atoms. The summed E-state index contributed by atoms with van der Waals surface area (Å²) in [5, 5.41) is 9.06. The lowest BCUT2D eigenvalue weighted by Crippen LogP contribution is -2.13. The van der Waals surface area contributed by atoms with Crippen molar-refractivity contribution in [2.24, 2.45) is 5.92 Å². The molecule has 0 fully saturated rings. The summed E-state index contributed by atoms with van der Waals surface area (Å²) in [5.74, 6) is -1.37. The predicted molar refractivity (Wildman–Crippen MR) is 65.8 cm³/mol. The largest absolute Gasteiger partial charge is 0.494 e. The first-order chi connectivity index (χ1) is 8.49. The molecule has 1 rings (SSSR count). The fourth-order valence-corrected chi connectivity index (χ4v) is 1.71. The summed E-state index contributed by atoms with van der Waals surface area (Å²) in [4.78, 5) is 11.9. The maximum Gasteiger partial charge on any atom is 0.165 e. The smallest absolute Gasteiger partial charge is 0.165 e. The molecule has 1 aromatic rings. The van der Waals surface area contributed by atoms with Crippen LogP contribution in [0, 0.1) is 23.1 Å². The molecule has 0 bridgehead atoms. The van der Waals surface area contributed by atoms with E-state index in [0.717, 1.165) is 0 Å². The van der Waals surface area contributed by atoms with Gasteiger partial charge in [-0.3, -0.25) is 4.79 Å². The standard InChI is InChI=1S/C14H16FNO2/c1-9(2)6-13(17)11(8-16)10-4-5-14(18-3)12(15)7-10/h4-5,7,9,11H,6H2,1-3H3. The SMILES string of the molecule is COc1ccc(C(C#N)C(=O)CC(C)C)cc1F. The second-order valence-electron chi connectivity index (χ2n) is 4.52. The van der Waals surface area contributed by atoms with E-state index in [1.807, 2.05) is 19.9 Å². The molecule has 0 aliphatic carbocycles. The van der Waals surface area contributed by atoms with Crippen LogP contribution >= 0.6 is 0 Å². The monoisotopic (exact) mass is 249 g/mol. The highest BCUT2D eigenvalue weighted by atomic mass is 19.1. The first-order valence-corrected chi connectivity index (χ1v) is 5.75. The number of benzene rings is 1. The van der Waals surface area contributed by atoms with E-state index in [1.165, 1.54) is 19.2 Å². The van der Waals surface area contributed by atoms with Crippen molar-refractivity contribution in [1.82, 2.24) is 0 Å². The summed E-state index contributed by atoms with van der Waals surface area (Å²) in [6.45, 7) is 3.81. The maximum absolute atomic E-state index is 13.5. The second kappa shape index (κ2) is 6.15. The molecule has 0 saturated carbocycles. The summed E-state index contributed by atoms with van der Waals surface area (Å²) < 4.78 is 18.3. The van der Waals surface area contributed by atoms with Crippen LogP contribution in [-0.4, -0.2) is 12.9 Å². The molecular formula is C14H16FNO2. The van der Waals surface area contributed by atoms with Gasteiger partial charge >= 0.3 is 0 Å². The Balaban J connectivity index is 3.00. The number of carbonyl (C=O) groups is 1. The van der Waals surface area contributed by atoms with Gasteiger partial charge in [-0.05, 0) is 23.6 Å². The van der Waals surface area contributed by atoms with Crippen LogP contribution in [0.15, 0.2) is 18.2 Å². The minimum absolute atomic E-state index is 0.103. The molecule has 0 aliphatic rings. The van der Waals surface area contributed by atoms with Crippen molar-refractivity contribution in [2.45, 2.75) is 26.2 Å². The number of hydrogen-bond donors (Lipinski definition) is 0. The highest BCUT2D eigenvalue weighted by Gasteiger charge is 2.22. The summed E-state index contributed by atoms with van der Waals surface area (Å²) in [6, 6.07) is 6.09. The van der Waals surface area contributed by atoms with Gasteiger partial charge in [0.2, 0.25) is 0 Å². The Bertz CT molecular complexity index is 477. The quantitative estimate of drug-likeness (QED) is 0.805. The highest BCUT2D eigenvalue weighted by Crippen LogP contribution is 2.25. The molecule has 0 N–H and O–H groups in total. The van der Waals surface area contributed by atoms with Crippen LogP contribution in [0.4, 0.5) is 4.39 Å².